The van der Waals surface area contributed by atoms with Gasteiger partial charge < -0.3 is 24.6 Å². The quantitative estimate of drug-likeness (QED) is 0.408. The number of carbonyl (C=O) groups excluding carboxylic acids is 3. The van der Waals surface area contributed by atoms with E-state index >= 15 is 0 Å². The van der Waals surface area contributed by atoms with Crippen molar-refractivity contribution in [3.63, 3.8) is 0 Å². The van der Waals surface area contributed by atoms with Gasteiger partial charge in [0.05, 0.1) is 6.26 Å². The maximum Gasteiger partial charge on any atom is 0.303 e. The molecule has 1 saturated heterocycles. The van der Waals surface area contributed by atoms with Crippen LogP contribution in [-0.4, -0.2) is 74.9 Å². The zero-order chi connectivity index (χ0) is 22.5. The second-order valence-corrected chi connectivity index (χ2v) is 8.17. The average Bonchev–Trinajstić information content (AvgIpc) is 2.64. The van der Waals surface area contributed by atoms with Gasteiger partial charge in [-0.3, -0.25) is 18.6 Å². The fraction of sp³-hybridized carbons (Fsp3) is 0.500. The van der Waals surface area contributed by atoms with E-state index in [4.69, 9.17) is 18.4 Å². The Morgan fingerprint density at radius 2 is 1.73 bits per heavy atom. The number of amides is 1. The van der Waals surface area contributed by atoms with Gasteiger partial charge in [0.25, 0.3) is 16.0 Å². The van der Waals surface area contributed by atoms with Crippen LogP contribution in [0.2, 0.25) is 0 Å². The molecule has 1 aliphatic heterocycles. The van der Waals surface area contributed by atoms with Crippen LogP contribution in [0.3, 0.4) is 0 Å². The predicted molar refractivity (Wildman–Crippen MR) is 100 cm³/mol. The molecule has 1 heterocycles. The summed E-state index contributed by atoms with van der Waals surface area (Å²) in [5, 5.41) is 12.9. The number of rotatable bonds is 7. The van der Waals surface area contributed by atoms with Crippen molar-refractivity contribution in [3.8, 4) is 0 Å². The van der Waals surface area contributed by atoms with Gasteiger partial charge in [0.2, 0.25) is 0 Å². The highest BCUT2D eigenvalue weighted by molar-refractivity contribution is 7.86. The molecule has 5 unspecified atom stereocenters. The number of carbonyl (C=O) groups is 3. The lowest BCUT2D eigenvalue weighted by molar-refractivity contribution is -0.255. The third-order valence-corrected chi connectivity index (χ3v) is 4.61. The number of hydrogen-bond acceptors (Lipinski definition) is 10. The Balaban J connectivity index is 2.36. The molecule has 30 heavy (non-hydrogen) atoms. The number of hydrogen-bond donors (Lipinski definition) is 2. The summed E-state index contributed by atoms with van der Waals surface area (Å²) in [5.74, 6) is -2.12. The lowest BCUT2D eigenvalue weighted by Gasteiger charge is -2.43. The Morgan fingerprint density at radius 1 is 1.10 bits per heavy atom. The van der Waals surface area contributed by atoms with Crippen molar-refractivity contribution in [1.29, 1.82) is 0 Å². The SMILES string of the molecule is CC(=O)OCC1OC(O)C(NC(=O)c2ccccc2)C(OS(C)(=O)=O)C1OC(C)=O. The topological polar surface area (TPSA) is 155 Å². The van der Waals surface area contributed by atoms with E-state index < -0.39 is 65.2 Å². The van der Waals surface area contributed by atoms with Gasteiger partial charge >= 0.3 is 11.9 Å². The Kier molecular flexibility index (Phi) is 7.89. The summed E-state index contributed by atoms with van der Waals surface area (Å²) in [5.41, 5.74) is 0.230. The summed E-state index contributed by atoms with van der Waals surface area (Å²) in [4.78, 5) is 35.3. The van der Waals surface area contributed by atoms with E-state index in [1.807, 2.05) is 0 Å². The van der Waals surface area contributed by atoms with Crippen LogP contribution >= 0.6 is 0 Å². The number of esters is 2. The Morgan fingerprint density at radius 3 is 2.27 bits per heavy atom. The number of nitrogens with one attached hydrogen (secondary N) is 1. The van der Waals surface area contributed by atoms with Gasteiger partial charge in [0.15, 0.2) is 12.4 Å². The standard InChI is InChI=1S/C18H23NO10S/c1-10(20)26-9-13-15(27-11(2)21)16(29-30(3,24)25)14(18(23)28-13)19-17(22)12-7-5-4-6-8-12/h4-8,13-16,18,23H,9H2,1-3H3,(H,19,22). The molecule has 0 aliphatic carbocycles. The molecule has 0 radical (unpaired) electrons. The van der Waals surface area contributed by atoms with Crippen molar-refractivity contribution in [1.82, 2.24) is 5.32 Å². The van der Waals surface area contributed by atoms with Gasteiger partial charge in [-0.15, -0.1) is 0 Å². The molecule has 0 aromatic heterocycles. The second-order valence-electron chi connectivity index (χ2n) is 6.57. The van der Waals surface area contributed by atoms with E-state index in [1.54, 1.807) is 18.2 Å². The van der Waals surface area contributed by atoms with E-state index in [2.05, 4.69) is 5.32 Å². The molecule has 0 bridgehead atoms. The van der Waals surface area contributed by atoms with Crippen LogP contribution in [0.4, 0.5) is 0 Å². The average molecular weight is 445 g/mol. The molecule has 2 rings (SSSR count). The molecule has 1 aromatic rings. The summed E-state index contributed by atoms with van der Waals surface area (Å²) < 4.78 is 44.1. The summed E-state index contributed by atoms with van der Waals surface area (Å²) in [6, 6.07) is 6.51. The van der Waals surface area contributed by atoms with Crippen molar-refractivity contribution < 1.29 is 46.3 Å². The maximum absolute atomic E-state index is 12.5. The first-order valence-corrected chi connectivity index (χ1v) is 10.7. The van der Waals surface area contributed by atoms with Crippen LogP contribution in [0.5, 0.6) is 0 Å². The van der Waals surface area contributed by atoms with E-state index in [9.17, 15) is 27.9 Å². The highest BCUT2D eigenvalue weighted by Crippen LogP contribution is 2.27. The summed E-state index contributed by atoms with van der Waals surface area (Å²) >= 11 is 0. The van der Waals surface area contributed by atoms with E-state index in [0.29, 0.717) is 0 Å². The third kappa shape index (κ3) is 6.76. The zero-order valence-electron chi connectivity index (χ0n) is 16.5. The van der Waals surface area contributed by atoms with E-state index in [0.717, 1.165) is 20.1 Å². The lowest BCUT2D eigenvalue weighted by atomic mass is 9.96. The summed E-state index contributed by atoms with van der Waals surface area (Å²) in [7, 11) is -4.12. The van der Waals surface area contributed by atoms with Crippen LogP contribution in [0, 0.1) is 0 Å². The minimum atomic E-state index is -4.12. The van der Waals surface area contributed by atoms with Gasteiger partial charge in [-0.1, -0.05) is 18.2 Å². The van der Waals surface area contributed by atoms with Gasteiger partial charge in [-0.2, -0.15) is 8.42 Å². The first-order chi connectivity index (χ1) is 14.0. The van der Waals surface area contributed by atoms with Crippen LogP contribution in [0.25, 0.3) is 0 Å². The first kappa shape index (κ1) is 23.7. The number of ether oxygens (including phenoxy) is 3. The third-order valence-electron chi connectivity index (χ3n) is 4.04. The van der Waals surface area contributed by atoms with Crippen LogP contribution in [0.15, 0.2) is 30.3 Å². The Hall–Kier alpha value is -2.54. The van der Waals surface area contributed by atoms with E-state index in [-0.39, 0.29) is 5.56 Å². The van der Waals surface area contributed by atoms with Crippen molar-refractivity contribution in [2.75, 3.05) is 12.9 Å². The molecular formula is C18H23NO10S. The van der Waals surface area contributed by atoms with Gasteiger partial charge in [-0.05, 0) is 12.1 Å². The molecule has 1 aromatic carbocycles. The molecule has 1 amide bonds. The normalized spacial score (nSPS) is 26.5. The molecule has 11 nitrogen and oxygen atoms in total. The fourth-order valence-electron chi connectivity index (χ4n) is 2.88. The van der Waals surface area contributed by atoms with E-state index in [1.165, 1.54) is 12.1 Å². The highest BCUT2D eigenvalue weighted by atomic mass is 32.2. The summed E-state index contributed by atoms with van der Waals surface area (Å²) in [6.45, 7) is 1.75. The molecule has 0 spiro atoms. The van der Waals surface area contributed by atoms with Crippen LogP contribution in [-0.2, 0) is 38.1 Å². The number of aliphatic hydroxyl groups is 1. The van der Waals surface area contributed by atoms with Crippen molar-refractivity contribution in [2.45, 2.75) is 44.5 Å². The number of aliphatic hydroxyl groups excluding tert-OH is 1. The molecule has 166 valence electrons. The van der Waals surface area contributed by atoms with Crippen molar-refractivity contribution in [2.24, 2.45) is 0 Å². The van der Waals surface area contributed by atoms with Gasteiger partial charge in [-0.25, -0.2) is 0 Å². The lowest BCUT2D eigenvalue weighted by Crippen LogP contribution is -2.66. The van der Waals surface area contributed by atoms with Gasteiger partial charge in [0.1, 0.15) is 24.9 Å². The van der Waals surface area contributed by atoms with Gasteiger partial charge in [0, 0.05) is 19.4 Å². The minimum Gasteiger partial charge on any atom is -0.463 e. The smallest absolute Gasteiger partial charge is 0.303 e. The molecule has 1 aliphatic rings. The monoisotopic (exact) mass is 445 g/mol. The molecule has 1 fully saturated rings. The molecule has 0 saturated carbocycles. The fourth-order valence-corrected chi connectivity index (χ4v) is 3.51. The Labute approximate surface area is 173 Å². The number of benzene rings is 1. The summed E-state index contributed by atoms with van der Waals surface area (Å²) in [6.07, 6.45) is -5.21. The largest absolute Gasteiger partial charge is 0.463 e. The zero-order valence-corrected chi connectivity index (χ0v) is 17.3. The molecule has 5 atom stereocenters. The Bertz CT molecular complexity index is 872. The highest BCUT2D eigenvalue weighted by Gasteiger charge is 2.50. The molecular weight excluding hydrogens is 422 g/mol. The molecule has 2 N–H and O–H groups in total. The predicted octanol–water partition coefficient (Wildman–Crippen LogP) is -0.658. The van der Waals surface area contributed by atoms with Crippen LogP contribution in [0.1, 0.15) is 24.2 Å². The molecule has 12 heteroatoms. The second kappa shape index (κ2) is 9.98. The first-order valence-electron chi connectivity index (χ1n) is 8.86. The minimum absolute atomic E-state index is 0.230. The van der Waals surface area contributed by atoms with Crippen molar-refractivity contribution >= 4 is 28.0 Å². The maximum atomic E-state index is 12.5. The van der Waals surface area contributed by atoms with Crippen LogP contribution < -0.4 is 5.32 Å². The van der Waals surface area contributed by atoms with Crippen molar-refractivity contribution in [3.05, 3.63) is 35.9 Å².